The third-order valence-corrected chi connectivity index (χ3v) is 4.63. The lowest BCUT2D eigenvalue weighted by Gasteiger charge is -2.27. The highest BCUT2D eigenvalue weighted by molar-refractivity contribution is 5.90. The molecule has 1 aliphatic heterocycles. The number of alkyl halides is 3. The highest BCUT2D eigenvalue weighted by Crippen LogP contribution is 2.39. The number of benzene rings is 2. The first kappa shape index (κ1) is 20.6. The monoisotopic (exact) mass is 410 g/mol. The maximum absolute atomic E-state index is 12.8. The summed E-state index contributed by atoms with van der Waals surface area (Å²) in [5.74, 6) is 0.848. The summed E-state index contributed by atoms with van der Waals surface area (Å²) in [7, 11) is 3.10. The molecule has 3 rings (SSSR count). The van der Waals surface area contributed by atoms with E-state index in [1.807, 2.05) is 6.07 Å². The van der Waals surface area contributed by atoms with Crippen molar-refractivity contribution in [3.63, 3.8) is 0 Å². The van der Waals surface area contributed by atoms with Crippen LogP contribution in [-0.2, 0) is 0 Å². The fourth-order valence-electron chi connectivity index (χ4n) is 3.39. The summed E-state index contributed by atoms with van der Waals surface area (Å²) in [6.45, 7) is 0.518. The van der Waals surface area contributed by atoms with Gasteiger partial charge in [0.25, 0.3) is 0 Å². The first-order valence-corrected chi connectivity index (χ1v) is 8.96. The molecule has 1 heterocycles. The third kappa shape index (κ3) is 5.04. The lowest BCUT2D eigenvalue weighted by Crippen LogP contribution is -2.34. The number of urea groups is 1. The number of hydrogen-bond donors (Lipinski definition) is 1. The molecule has 29 heavy (non-hydrogen) atoms. The Labute approximate surface area is 166 Å². The van der Waals surface area contributed by atoms with Gasteiger partial charge < -0.3 is 24.4 Å². The molecule has 1 N–H and O–H groups in total. The zero-order chi connectivity index (χ0) is 21.0. The van der Waals surface area contributed by atoms with Crippen molar-refractivity contribution in [3.8, 4) is 17.2 Å². The van der Waals surface area contributed by atoms with Crippen LogP contribution in [0.15, 0.2) is 42.5 Å². The van der Waals surface area contributed by atoms with Gasteiger partial charge in [-0.3, -0.25) is 0 Å². The molecule has 156 valence electrons. The number of nitrogens with one attached hydrogen (secondary N) is 1. The largest absolute Gasteiger partial charge is 0.573 e. The number of likely N-dealkylation sites (tertiary alicyclic amines) is 1. The third-order valence-electron chi connectivity index (χ3n) is 4.63. The number of ether oxygens (including phenoxy) is 3. The van der Waals surface area contributed by atoms with Crippen molar-refractivity contribution >= 4 is 11.7 Å². The predicted molar refractivity (Wildman–Crippen MR) is 100 cm³/mol. The van der Waals surface area contributed by atoms with Gasteiger partial charge in [0, 0.05) is 29.9 Å². The summed E-state index contributed by atoms with van der Waals surface area (Å²) < 4.78 is 51.8. The molecule has 9 heteroatoms. The molecule has 0 bridgehead atoms. The molecule has 6 nitrogen and oxygen atoms in total. The molecule has 2 amide bonds. The molecular formula is C20H21F3N2O4. The van der Waals surface area contributed by atoms with E-state index in [1.54, 1.807) is 31.3 Å². The minimum atomic E-state index is -4.80. The van der Waals surface area contributed by atoms with E-state index in [-0.39, 0.29) is 11.7 Å². The fraction of sp³-hybridized carbons (Fsp3) is 0.350. The Morgan fingerprint density at radius 3 is 2.59 bits per heavy atom. The van der Waals surface area contributed by atoms with Gasteiger partial charge in [0.05, 0.1) is 20.3 Å². The van der Waals surface area contributed by atoms with Crippen LogP contribution in [0.1, 0.15) is 24.4 Å². The minimum Gasteiger partial charge on any atom is -0.497 e. The Morgan fingerprint density at radius 2 is 1.90 bits per heavy atom. The highest BCUT2D eigenvalue weighted by atomic mass is 19.4. The molecule has 0 radical (unpaired) electrons. The molecule has 0 spiro atoms. The zero-order valence-corrected chi connectivity index (χ0v) is 16.0. The van der Waals surface area contributed by atoms with E-state index in [2.05, 4.69) is 10.1 Å². The summed E-state index contributed by atoms with van der Waals surface area (Å²) in [5, 5.41) is 2.64. The van der Waals surface area contributed by atoms with E-state index >= 15 is 0 Å². The second kappa shape index (κ2) is 8.50. The molecule has 2 aromatic rings. The van der Waals surface area contributed by atoms with Crippen molar-refractivity contribution in [2.75, 3.05) is 26.1 Å². The van der Waals surface area contributed by atoms with Crippen LogP contribution >= 0.6 is 0 Å². The van der Waals surface area contributed by atoms with Crippen LogP contribution in [0, 0.1) is 0 Å². The second-order valence-corrected chi connectivity index (χ2v) is 6.47. The molecule has 1 aliphatic rings. The van der Waals surface area contributed by atoms with Gasteiger partial charge in [0.1, 0.15) is 17.2 Å². The van der Waals surface area contributed by atoms with Gasteiger partial charge in [0.15, 0.2) is 0 Å². The zero-order valence-electron chi connectivity index (χ0n) is 16.0. The fourth-order valence-corrected chi connectivity index (χ4v) is 3.39. The number of halogens is 3. The standard InChI is InChI=1S/C20H21F3N2O4/c1-27-14-8-9-16(18(12-14)28-2)17-7-4-10-25(17)19(26)24-13-5-3-6-15(11-13)29-20(21,22)23/h3,5-6,8-9,11-12,17H,4,7,10H2,1-2H3,(H,24,26). The number of hydrogen-bond acceptors (Lipinski definition) is 4. The Kier molecular flexibility index (Phi) is 6.05. The summed E-state index contributed by atoms with van der Waals surface area (Å²) in [4.78, 5) is 14.4. The normalized spacial score (nSPS) is 16.4. The lowest BCUT2D eigenvalue weighted by atomic mass is 10.0. The van der Waals surface area contributed by atoms with Crippen molar-refractivity contribution < 1.29 is 32.2 Å². The van der Waals surface area contributed by atoms with Crippen LogP contribution < -0.4 is 19.5 Å². The first-order valence-electron chi connectivity index (χ1n) is 8.96. The van der Waals surface area contributed by atoms with Crippen molar-refractivity contribution in [2.24, 2.45) is 0 Å². The van der Waals surface area contributed by atoms with Crippen LogP contribution in [0.2, 0.25) is 0 Å². The Morgan fingerprint density at radius 1 is 1.10 bits per heavy atom. The molecule has 1 fully saturated rings. The minimum absolute atomic E-state index is 0.212. The number of methoxy groups -OCH3 is 2. The maximum atomic E-state index is 12.8. The predicted octanol–water partition coefficient (Wildman–Crippen LogP) is 4.97. The topological polar surface area (TPSA) is 60.0 Å². The van der Waals surface area contributed by atoms with Crippen LogP contribution in [0.3, 0.4) is 0 Å². The van der Waals surface area contributed by atoms with Gasteiger partial charge in [0.2, 0.25) is 0 Å². The Bertz CT molecular complexity index is 873. The van der Waals surface area contributed by atoms with E-state index in [0.717, 1.165) is 24.5 Å². The van der Waals surface area contributed by atoms with E-state index in [1.165, 1.54) is 18.2 Å². The molecule has 1 unspecified atom stereocenters. The lowest BCUT2D eigenvalue weighted by molar-refractivity contribution is -0.274. The molecule has 0 saturated carbocycles. The van der Waals surface area contributed by atoms with Gasteiger partial charge in [-0.05, 0) is 37.1 Å². The van der Waals surface area contributed by atoms with Gasteiger partial charge >= 0.3 is 12.4 Å². The maximum Gasteiger partial charge on any atom is 0.573 e. The number of carbonyl (C=O) groups excluding carboxylic acids is 1. The highest BCUT2D eigenvalue weighted by Gasteiger charge is 2.33. The SMILES string of the molecule is COc1ccc(C2CCCN2C(=O)Nc2cccc(OC(F)(F)F)c2)c(OC)c1. The van der Waals surface area contributed by atoms with E-state index in [4.69, 9.17) is 9.47 Å². The first-order chi connectivity index (χ1) is 13.8. The van der Waals surface area contributed by atoms with Gasteiger partial charge in [-0.2, -0.15) is 0 Å². The number of amides is 2. The van der Waals surface area contributed by atoms with Gasteiger partial charge in [-0.1, -0.05) is 6.07 Å². The molecule has 1 saturated heterocycles. The summed E-state index contributed by atoms with van der Waals surface area (Å²) >= 11 is 0. The van der Waals surface area contributed by atoms with Crippen molar-refractivity contribution in [3.05, 3.63) is 48.0 Å². The van der Waals surface area contributed by atoms with Crippen LogP contribution in [0.5, 0.6) is 17.2 Å². The smallest absolute Gasteiger partial charge is 0.497 e. The summed E-state index contributed by atoms with van der Waals surface area (Å²) in [6, 6.07) is 9.96. The van der Waals surface area contributed by atoms with Crippen molar-refractivity contribution in [2.45, 2.75) is 25.2 Å². The quantitative estimate of drug-likeness (QED) is 0.756. The van der Waals surface area contributed by atoms with Crippen LogP contribution in [0.4, 0.5) is 23.7 Å². The van der Waals surface area contributed by atoms with E-state index in [0.29, 0.717) is 18.0 Å². The Balaban J connectivity index is 1.77. The molecule has 0 aromatic heterocycles. The molecule has 2 aromatic carbocycles. The number of rotatable bonds is 5. The van der Waals surface area contributed by atoms with Crippen LogP contribution in [-0.4, -0.2) is 38.1 Å². The van der Waals surface area contributed by atoms with E-state index in [9.17, 15) is 18.0 Å². The summed E-state index contributed by atoms with van der Waals surface area (Å²) in [5.41, 5.74) is 1.05. The average molecular weight is 410 g/mol. The van der Waals surface area contributed by atoms with Crippen LogP contribution in [0.25, 0.3) is 0 Å². The van der Waals surface area contributed by atoms with Gasteiger partial charge in [-0.25, -0.2) is 4.79 Å². The average Bonchev–Trinajstić information content (AvgIpc) is 3.16. The number of nitrogens with zero attached hydrogens (tertiary/aromatic N) is 1. The number of carbonyl (C=O) groups is 1. The number of anilines is 1. The van der Waals surface area contributed by atoms with Crippen molar-refractivity contribution in [1.82, 2.24) is 4.90 Å². The van der Waals surface area contributed by atoms with E-state index < -0.39 is 18.1 Å². The molecular weight excluding hydrogens is 389 g/mol. The second-order valence-electron chi connectivity index (χ2n) is 6.47. The molecule has 1 atom stereocenters. The van der Waals surface area contributed by atoms with Crippen molar-refractivity contribution in [1.29, 1.82) is 0 Å². The Hall–Kier alpha value is -3.10. The van der Waals surface area contributed by atoms with Gasteiger partial charge in [-0.15, -0.1) is 13.2 Å². The summed E-state index contributed by atoms with van der Waals surface area (Å²) in [6.07, 6.45) is -3.26. The molecule has 0 aliphatic carbocycles.